The average molecular weight is 1120 g/mol. The van der Waals surface area contributed by atoms with Gasteiger partial charge in [0.15, 0.2) is 27.7 Å². The number of aromatic nitrogens is 2. The zero-order valence-electron chi connectivity index (χ0n) is 41.4. The van der Waals surface area contributed by atoms with E-state index in [2.05, 4.69) is 30.9 Å². The van der Waals surface area contributed by atoms with Gasteiger partial charge in [0.25, 0.3) is 17.7 Å². The number of methoxy groups -OCH3 is 2. The van der Waals surface area contributed by atoms with E-state index in [-0.39, 0.29) is 52.0 Å². The van der Waals surface area contributed by atoms with Crippen molar-refractivity contribution in [1.29, 1.82) is 0 Å². The number of oxime groups is 2. The fraction of sp³-hybridized carbons (Fsp3) is 0.524. The lowest BCUT2D eigenvalue weighted by Gasteiger charge is -2.51. The monoisotopic (exact) mass is 1110 g/mol. The lowest BCUT2D eigenvalue weighted by Crippen LogP contribution is -2.74. The Bertz CT molecular complexity index is 2500. The third kappa shape index (κ3) is 14.3. The van der Waals surface area contributed by atoms with Gasteiger partial charge in [0.1, 0.15) is 54.1 Å². The summed E-state index contributed by atoms with van der Waals surface area (Å²) in [6.07, 6.45) is -5.41. The number of carbonyl (C=O) groups excluding carboxylic acids is 8. The van der Waals surface area contributed by atoms with Crippen LogP contribution in [0.2, 0.25) is 0 Å². The molecule has 0 saturated carbocycles. The molecule has 4 amide bonds. The average Bonchev–Trinajstić information content (AvgIpc) is 3.97. The second kappa shape index (κ2) is 26.5. The molecule has 0 aromatic carbocycles. The summed E-state index contributed by atoms with van der Waals surface area (Å²) in [5, 5.41) is 16.6. The Labute approximate surface area is 439 Å². The highest BCUT2D eigenvalue weighted by Crippen LogP contribution is 2.42. The highest BCUT2D eigenvalue weighted by molar-refractivity contribution is 8.03. The van der Waals surface area contributed by atoms with Crippen LogP contribution in [-0.4, -0.2) is 180 Å². The van der Waals surface area contributed by atoms with E-state index in [4.69, 9.17) is 59.0 Å². The van der Waals surface area contributed by atoms with E-state index in [1.165, 1.54) is 86.4 Å². The summed E-state index contributed by atoms with van der Waals surface area (Å²) in [4.78, 5) is 122. The number of nitrogens with one attached hydrogen (secondary N) is 2. The highest BCUT2D eigenvalue weighted by Gasteiger charge is 2.57. The van der Waals surface area contributed by atoms with Crippen LogP contribution < -0.4 is 22.1 Å². The van der Waals surface area contributed by atoms with Crippen molar-refractivity contribution in [3.8, 4) is 0 Å². The van der Waals surface area contributed by atoms with E-state index in [1.807, 2.05) is 0 Å². The van der Waals surface area contributed by atoms with Crippen LogP contribution in [0.3, 0.4) is 0 Å². The number of hydrogen-bond acceptors (Lipinski definition) is 28. The van der Waals surface area contributed by atoms with Gasteiger partial charge in [-0.1, -0.05) is 10.3 Å². The standard InChI is InChI=1S/2C21H27N5O9S2/c2*1-9(2)33-21(30)35-10(3)34-19(29)15-11(6-31-4)7-36-18-14(17(28)26(15)18)24-16(27)13(25-32-5)12-8-37-20(22)23-12/h8-10,14,18H,6-7H2,1-5H3,(H2,22,23)(H,24,27);7-10,14-15,18H,6H2,1-5H3,(H2,22,23)(H,24,27)/b2*25-13-. The number of thiazole rings is 2. The van der Waals surface area contributed by atoms with Gasteiger partial charge in [0, 0.05) is 44.6 Å². The first-order valence-electron chi connectivity index (χ1n) is 21.9. The second-order valence-electron chi connectivity index (χ2n) is 15.9. The number of esters is 2. The molecule has 6 heterocycles. The first kappa shape index (κ1) is 58.2. The Kier molecular flexibility index (Phi) is 20.8. The van der Waals surface area contributed by atoms with Crippen LogP contribution in [0, 0.1) is 0 Å². The molecule has 6 rings (SSSR count). The van der Waals surface area contributed by atoms with Crippen molar-refractivity contribution >= 4 is 116 Å². The number of rotatable bonds is 20. The van der Waals surface area contributed by atoms with E-state index in [9.17, 15) is 38.4 Å². The van der Waals surface area contributed by atoms with Crippen molar-refractivity contribution in [2.45, 2.75) is 95.2 Å². The van der Waals surface area contributed by atoms with Crippen LogP contribution in [0.15, 0.2) is 43.3 Å². The number of amides is 4. The zero-order chi connectivity index (χ0) is 54.6. The van der Waals surface area contributed by atoms with Gasteiger partial charge in [-0.3, -0.25) is 24.1 Å². The Hall–Kier alpha value is -6.74. The number of hydrogen-bond donors (Lipinski definition) is 4. The molecule has 32 heteroatoms. The highest BCUT2D eigenvalue weighted by atomic mass is 32.2. The molecule has 2 fully saturated rings. The molecule has 2 saturated heterocycles. The molecule has 4 aliphatic rings. The van der Waals surface area contributed by atoms with Crippen molar-refractivity contribution in [2.24, 2.45) is 10.3 Å². The number of carbonyl (C=O) groups is 8. The first-order chi connectivity index (χ1) is 35.1. The minimum atomic E-state index is -1.28. The van der Waals surface area contributed by atoms with Crippen molar-refractivity contribution in [2.75, 3.05) is 58.9 Å². The molecule has 2 aromatic heterocycles. The van der Waals surface area contributed by atoms with Gasteiger partial charge in [-0.25, -0.2) is 29.1 Å². The first-order valence-corrected chi connectivity index (χ1v) is 25.6. The normalized spacial score (nSPS) is 21.0. The minimum absolute atomic E-state index is 0.0353. The number of nitrogens with two attached hydrogens (primary N) is 2. The van der Waals surface area contributed by atoms with Gasteiger partial charge < -0.3 is 74.6 Å². The molecular weight excluding hydrogens is 1060 g/mol. The summed E-state index contributed by atoms with van der Waals surface area (Å²) in [5.74, 6) is -3.89. The molecule has 6 N–H and O–H groups in total. The molecular formula is C42H54N10O18S4. The molecule has 404 valence electrons. The van der Waals surface area contributed by atoms with Gasteiger partial charge >= 0.3 is 24.2 Å². The second-order valence-corrected chi connectivity index (χ2v) is 19.8. The lowest BCUT2D eigenvalue weighted by atomic mass is 9.98. The van der Waals surface area contributed by atoms with Crippen molar-refractivity contribution in [3.63, 3.8) is 0 Å². The van der Waals surface area contributed by atoms with Crippen LogP contribution in [-0.2, 0) is 76.3 Å². The van der Waals surface area contributed by atoms with Gasteiger partial charge in [0.2, 0.25) is 18.5 Å². The van der Waals surface area contributed by atoms with Gasteiger partial charge in [-0.2, -0.15) is 0 Å². The van der Waals surface area contributed by atoms with Crippen LogP contribution in [0.25, 0.3) is 0 Å². The summed E-state index contributed by atoms with van der Waals surface area (Å²) in [6, 6.07) is -3.08. The van der Waals surface area contributed by atoms with E-state index < -0.39 is 102 Å². The van der Waals surface area contributed by atoms with E-state index in [0.717, 1.165) is 22.7 Å². The number of ether oxygens (including phenoxy) is 8. The lowest BCUT2D eigenvalue weighted by molar-refractivity contribution is -0.180. The maximum absolute atomic E-state index is 13.1. The van der Waals surface area contributed by atoms with Gasteiger partial charge in [-0.05, 0) is 44.2 Å². The third-order valence-electron chi connectivity index (χ3n) is 9.80. The molecule has 0 radical (unpaired) electrons. The number of thioether (sulfide) groups is 2. The van der Waals surface area contributed by atoms with Gasteiger partial charge in [0.05, 0.1) is 25.4 Å². The minimum Gasteiger partial charge on any atom is -0.431 e. The van der Waals surface area contributed by atoms with Crippen LogP contribution in [0.1, 0.15) is 52.9 Å². The molecule has 0 bridgehead atoms. The van der Waals surface area contributed by atoms with Crippen molar-refractivity contribution in [1.82, 2.24) is 30.4 Å². The maximum atomic E-state index is 13.1. The smallest absolute Gasteiger partial charge is 0.431 e. The quantitative estimate of drug-likeness (QED) is 0.0366. The number of fused-ring (bicyclic) bond motifs is 2. The summed E-state index contributed by atoms with van der Waals surface area (Å²) in [5.41, 5.74) is 12.3. The molecule has 74 heavy (non-hydrogen) atoms. The fourth-order valence-corrected chi connectivity index (χ4v) is 10.6. The Morgan fingerprint density at radius 2 is 1.20 bits per heavy atom. The third-order valence-corrected chi connectivity index (χ3v) is 13.7. The summed E-state index contributed by atoms with van der Waals surface area (Å²) in [6.45, 7) is 9.35. The predicted octanol–water partition coefficient (Wildman–Crippen LogP) is 1.65. The van der Waals surface area contributed by atoms with Crippen molar-refractivity contribution in [3.05, 3.63) is 44.4 Å². The molecule has 28 nitrogen and oxygen atoms in total. The number of nitrogen functional groups attached to an aromatic ring is 2. The Morgan fingerprint density at radius 3 is 1.66 bits per heavy atom. The molecule has 4 aliphatic heterocycles. The Morgan fingerprint density at radius 1 is 0.703 bits per heavy atom. The summed E-state index contributed by atoms with van der Waals surface area (Å²) >= 11 is 4.79. The number of nitrogens with zero attached hydrogens (tertiary/aromatic N) is 6. The van der Waals surface area contributed by atoms with Crippen molar-refractivity contribution < 1.29 is 85.9 Å². The van der Waals surface area contributed by atoms with E-state index in [0.29, 0.717) is 16.9 Å². The Balaban J connectivity index is 0.000000274. The topological polar surface area (TPSA) is 362 Å². The maximum Gasteiger partial charge on any atom is 0.511 e. The summed E-state index contributed by atoms with van der Waals surface area (Å²) in [7, 11) is 5.42. The predicted molar refractivity (Wildman–Crippen MR) is 264 cm³/mol. The van der Waals surface area contributed by atoms with Gasteiger partial charge in [-0.15, -0.1) is 46.2 Å². The fourth-order valence-electron chi connectivity index (χ4n) is 6.94. The van der Waals surface area contributed by atoms with Crippen LogP contribution in [0.4, 0.5) is 19.9 Å². The molecule has 0 spiro atoms. The number of β-lactam (4-membered cyclic amide) rings is 2. The largest absolute Gasteiger partial charge is 0.511 e. The SMILES string of the molecule is COCC1=C(C(=O)OC(C)OC(=O)OC(C)C)N2C(=O)C(NC(=O)/C(=N\OC)c3csc(N)n3)C2SC1.COCC1=CSC2C(NC(=O)/C(=N\OC)c3csc(N)n3)C(=O)N2C1C(=O)OC(C)OC(=O)OC(C)C. The summed E-state index contributed by atoms with van der Waals surface area (Å²) < 4.78 is 40.5. The zero-order valence-corrected chi connectivity index (χ0v) is 44.6. The van der Waals surface area contributed by atoms with Crippen LogP contribution >= 0.6 is 46.2 Å². The number of anilines is 2. The van der Waals surface area contributed by atoms with Crippen LogP contribution in [0.5, 0.6) is 0 Å². The molecule has 0 aliphatic carbocycles. The van der Waals surface area contributed by atoms with E-state index in [1.54, 1.807) is 33.1 Å². The molecule has 2 aromatic rings. The van der Waals surface area contributed by atoms with E-state index >= 15 is 0 Å². The molecule has 7 atom stereocenters. The molecule has 7 unspecified atom stereocenters.